The van der Waals surface area contributed by atoms with E-state index in [2.05, 4.69) is 22.8 Å². The Balaban J connectivity index is 1.43. The second-order valence-electron chi connectivity index (χ2n) is 9.93. The fraction of sp³-hybridized carbons (Fsp3) is 0.423. The minimum atomic E-state index is -1.06. The number of benzene rings is 2. The Morgan fingerprint density at radius 1 is 0.970 bits per heavy atom. The molecule has 0 aliphatic heterocycles. The van der Waals surface area contributed by atoms with Crippen LogP contribution in [-0.2, 0) is 14.3 Å². The fourth-order valence-electron chi connectivity index (χ4n) is 4.48. The first-order valence-corrected chi connectivity index (χ1v) is 11.3. The Morgan fingerprint density at radius 3 is 2.00 bits per heavy atom. The first-order valence-electron chi connectivity index (χ1n) is 11.3. The summed E-state index contributed by atoms with van der Waals surface area (Å²) in [6, 6.07) is 14.2. The quantitative estimate of drug-likeness (QED) is 0.593. The number of carboxylic acids is 1. The molecule has 2 atom stereocenters. The molecule has 0 saturated heterocycles. The molecule has 0 radical (unpaired) electrons. The van der Waals surface area contributed by atoms with Gasteiger partial charge in [-0.25, -0.2) is 9.59 Å². The Hall–Kier alpha value is -3.35. The van der Waals surface area contributed by atoms with Crippen LogP contribution in [0.15, 0.2) is 48.5 Å². The summed E-state index contributed by atoms with van der Waals surface area (Å²) in [5.41, 5.74) is 3.83. The molecule has 2 aromatic carbocycles. The van der Waals surface area contributed by atoms with E-state index < -0.39 is 35.5 Å². The monoisotopic (exact) mass is 450 g/mol. The van der Waals surface area contributed by atoms with E-state index >= 15 is 0 Å². The normalized spacial score (nSPS) is 16.8. The van der Waals surface area contributed by atoms with Crippen molar-refractivity contribution in [3.63, 3.8) is 0 Å². The molecule has 1 fully saturated rings. The molecule has 2 aliphatic carbocycles. The number of carboxylic acid groups (broad SMARTS) is 1. The van der Waals surface area contributed by atoms with Crippen molar-refractivity contribution < 1.29 is 24.2 Å². The molecule has 0 spiro atoms. The molecule has 1 saturated carbocycles. The van der Waals surface area contributed by atoms with E-state index in [-0.39, 0.29) is 18.4 Å². The van der Waals surface area contributed by atoms with Gasteiger partial charge in [0.25, 0.3) is 0 Å². The zero-order chi connectivity index (χ0) is 23.8. The summed E-state index contributed by atoms with van der Waals surface area (Å²) < 4.78 is 5.58. The average molecular weight is 451 g/mol. The van der Waals surface area contributed by atoms with Crippen LogP contribution in [0.25, 0.3) is 11.1 Å². The van der Waals surface area contributed by atoms with Crippen LogP contribution >= 0.6 is 0 Å². The standard InChI is InChI=1S/C26H30N2O5/c1-26(2,3)22(23(29)27-21(24(30)31)15-12-13-15)28-25(32)33-14-20-18-10-6-4-8-16(18)17-9-5-7-11-19(17)20/h4-11,15,20-22H,12-14H2,1-3H3,(H,27,29)(H,28,32)(H,30,31)/t21?,22-/m0/s1. The first-order chi connectivity index (χ1) is 15.7. The molecule has 2 aromatic rings. The maximum Gasteiger partial charge on any atom is 0.407 e. The predicted molar refractivity (Wildman–Crippen MR) is 124 cm³/mol. The number of aliphatic carboxylic acids is 1. The fourth-order valence-corrected chi connectivity index (χ4v) is 4.48. The van der Waals surface area contributed by atoms with E-state index in [1.807, 2.05) is 57.2 Å². The maximum atomic E-state index is 12.9. The lowest BCUT2D eigenvalue weighted by atomic mass is 9.86. The highest BCUT2D eigenvalue weighted by atomic mass is 16.5. The zero-order valence-corrected chi connectivity index (χ0v) is 19.1. The first kappa shape index (κ1) is 22.8. The van der Waals surface area contributed by atoms with Gasteiger partial charge >= 0.3 is 12.1 Å². The summed E-state index contributed by atoms with van der Waals surface area (Å²) in [5.74, 6) is -1.71. The molecule has 2 aliphatic rings. The summed E-state index contributed by atoms with van der Waals surface area (Å²) in [4.78, 5) is 37.2. The van der Waals surface area contributed by atoms with Crippen LogP contribution in [0.4, 0.5) is 4.79 Å². The number of hydrogen-bond donors (Lipinski definition) is 3. The van der Waals surface area contributed by atoms with Gasteiger partial charge in [-0.3, -0.25) is 4.79 Å². The lowest BCUT2D eigenvalue weighted by Crippen LogP contribution is -2.57. The minimum Gasteiger partial charge on any atom is -0.480 e. The van der Waals surface area contributed by atoms with Gasteiger partial charge in [-0.15, -0.1) is 0 Å². The number of hydrogen-bond acceptors (Lipinski definition) is 4. The third-order valence-corrected chi connectivity index (χ3v) is 6.39. The third kappa shape index (κ3) is 4.87. The highest BCUT2D eigenvalue weighted by Gasteiger charge is 2.41. The predicted octanol–water partition coefficient (Wildman–Crippen LogP) is 3.92. The van der Waals surface area contributed by atoms with Crippen molar-refractivity contribution in [3.8, 4) is 11.1 Å². The van der Waals surface area contributed by atoms with Gasteiger partial charge in [-0.05, 0) is 46.4 Å². The smallest absolute Gasteiger partial charge is 0.407 e. The molecule has 4 rings (SSSR count). The molecule has 174 valence electrons. The number of nitrogens with one attached hydrogen (secondary N) is 2. The van der Waals surface area contributed by atoms with Crippen LogP contribution in [-0.4, -0.2) is 41.8 Å². The number of amides is 2. The summed E-state index contributed by atoms with van der Waals surface area (Å²) in [6.45, 7) is 5.58. The summed E-state index contributed by atoms with van der Waals surface area (Å²) in [7, 11) is 0. The van der Waals surface area contributed by atoms with E-state index in [4.69, 9.17) is 4.74 Å². The molecule has 0 heterocycles. The number of rotatable bonds is 7. The molecule has 0 bridgehead atoms. The van der Waals surface area contributed by atoms with Gasteiger partial charge in [0, 0.05) is 5.92 Å². The second-order valence-corrected chi connectivity index (χ2v) is 9.93. The van der Waals surface area contributed by atoms with Gasteiger partial charge in [0.1, 0.15) is 18.7 Å². The van der Waals surface area contributed by atoms with Gasteiger partial charge in [-0.1, -0.05) is 69.3 Å². The Kier molecular flexibility index (Phi) is 6.15. The van der Waals surface area contributed by atoms with Gasteiger partial charge in [0.15, 0.2) is 0 Å². The highest BCUT2D eigenvalue weighted by Crippen LogP contribution is 2.44. The van der Waals surface area contributed by atoms with Crippen molar-refractivity contribution in [2.75, 3.05) is 6.61 Å². The van der Waals surface area contributed by atoms with Crippen molar-refractivity contribution in [2.45, 2.75) is 51.6 Å². The Labute approximate surface area is 193 Å². The van der Waals surface area contributed by atoms with Crippen molar-refractivity contribution in [3.05, 3.63) is 59.7 Å². The van der Waals surface area contributed by atoms with Gasteiger partial charge < -0.3 is 20.5 Å². The molecular weight excluding hydrogens is 420 g/mol. The van der Waals surface area contributed by atoms with E-state index in [0.717, 1.165) is 35.1 Å². The molecular formula is C26H30N2O5. The lowest BCUT2D eigenvalue weighted by molar-refractivity contribution is -0.143. The van der Waals surface area contributed by atoms with Crippen molar-refractivity contribution >= 4 is 18.0 Å². The molecule has 3 N–H and O–H groups in total. The lowest BCUT2D eigenvalue weighted by Gasteiger charge is -2.31. The van der Waals surface area contributed by atoms with E-state index in [0.29, 0.717) is 0 Å². The van der Waals surface area contributed by atoms with Crippen LogP contribution in [0.2, 0.25) is 0 Å². The molecule has 33 heavy (non-hydrogen) atoms. The summed E-state index contributed by atoms with van der Waals surface area (Å²) in [6.07, 6.45) is 0.847. The van der Waals surface area contributed by atoms with Gasteiger partial charge in [0.2, 0.25) is 5.91 Å². The van der Waals surface area contributed by atoms with Crippen LogP contribution in [0.3, 0.4) is 0 Å². The number of carbonyl (C=O) groups is 3. The SMILES string of the molecule is CC(C)(C)[C@@H](NC(=O)OCC1c2ccccc2-c2ccccc21)C(=O)NC(C(=O)O)C1CC1. The van der Waals surface area contributed by atoms with Crippen LogP contribution in [0.5, 0.6) is 0 Å². The van der Waals surface area contributed by atoms with E-state index in [1.54, 1.807) is 0 Å². The Morgan fingerprint density at radius 2 is 1.52 bits per heavy atom. The number of fused-ring (bicyclic) bond motifs is 3. The maximum absolute atomic E-state index is 12.9. The van der Waals surface area contributed by atoms with Crippen LogP contribution in [0.1, 0.15) is 50.7 Å². The third-order valence-electron chi connectivity index (χ3n) is 6.39. The average Bonchev–Trinajstić information content (AvgIpc) is 3.55. The van der Waals surface area contributed by atoms with Crippen molar-refractivity contribution in [2.24, 2.45) is 11.3 Å². The molecule has 1 unspecified atom stereocenters. The largest absolute Gasteiger partial charge is 0.480 e. The highest BCUT2D eigenvalue weighted by molar-refractivity contribution is 5.90. The molecule has 7 heteroatoms. The Bertz CT molecular complexity index is 1020. The number of carbonyl (C=O) groups excluding carboxylic acids is 2. The summed E-state index contributed by atoms with van der Waals surface area (Å²) in [5, 5.41) is 14.7. The molecule has 0 aromatic heterocycles. The number of alkyl carbamates (subject to hydrolysis) is 1. The zero-order valence-electron chi connectivity index (χ0n) is 19.1. The van der Waals surface area contributed by atoms with Crippen LogP contribution < -0.4 is 10.6 Å². The van der Waals surface area contributed by atoms with Gasteiger partial charge in [0.05, 0.1) is 0 Å². The van der Waals surface area contributed by atoms with E-state index in [9.17, 15) is 19.5 Å². The van der Waals surface area contributed by atoms with E-state index in [1.165, 1.54) is 0 Å². The minimum absolute atomic E-state index is 0.0541. The van der Waals surface area contributed by atoms with Crippen LogP contribution in [0, 0.1) is 11.3 Å². The summed E-state index contributed by atoms with van der Waals surface area (Å²) >= 11 is 0. The topological polar surface area (TPSA) is 105 Å². The van der Waals surface area contributed by atoms with Crippen molar-refractivity contribution in [1.82, 2.24) is 10.6 Å². The second kappa shape index (κ2) is 8.89. The van der Waals surface area contributed by atoms with Gasteiger partial charge in [-0.2, -0.15) is 0 Å². The van der Waals surface area contributed by atoms with Crippen molar-refractivity contribution in [1.29, 1.82) is 0 Å². The number of ether oxygens (including phenoxy) is 1. The molecule has 2 amide bonds. The molecule has 7 nitrogen and oxygen atoms in total.